The van der Waals surface area contributed by atoms with Crippen LogP contribution in [0.3, 0.4) is 0 Å². The molecule has 30 heavy (non-hydrogen) atoms. The molecule has 0 aliphatic carbocycles. The van der Waals surface area contributed by atoms with Crippen LogP contribution in [0.15, 0.2) is 66.9 Å². The Kier molecular flexibility index (Phi) is 4.90. The van der Waals surface area contributed by atoms with Gasteiger partial charge in [-0.15, -0.1) is 13.2 Å². The van der Waals surface area contributed by atoms with Crippen molar-refractivity contribution in [1.82, 2.24) is 9.97 Å². The third kappa shape index (κ3) is 4.62. The molecule has 4 aromatic rings. The van der Waals surface area contributed by atoms with E-state index >= 15 is 0 Å². The second kappa shape index (κ2) is 7.67. The second-order valence-electron chi connectivity index (χ2n) is 6.21. The van der Waals surface area contributed by atoms with Crippen molar-refractivity contribution in [3.63, 3.8) is 0 Å². The van der Waals surface area contributed by atoms with Crippen LogP contribution in [0.25, 0.3) is 10.9 Å². The fourth-order valence-electron chi connectivity index (χ4n) is 2.83. The largest absolute Gasteiger partial charge is 0.573 e. The molecule has 0 spiro atoms. The summed E-state index contributed by atoms with van der Waals surface area (Å²) in [6.07, 6.45) is -2.98. The summed E-state index contributed by atoms with van der Waals surface area (Å²) in [6.45, 7) is 0. The molecule has 2 aromatic carbocycles. The molecular formula is C21H13F3N4O2. The minimum absolute atomic E-state index is 0.0821. The monoisotopic (exact) mass is 410 g/mol. The molecule has 150 valence electrons. The van der Waals surface area contributed by atoms with Gasteiger partial charge in [-0.25, -0.2) is 4.98 Å². The quantitative estimate of drug-likeness (QED) is 0.430. The van der Waals surface area contributed by atoms with Crippen LogP contribution in [0.5, 0.6) is 17.2 Å². The van der Waals surface area contributed by atoms with Gasteiger partial charge < -0.3 is 19.8 Å². The number of fused-ring (bicyclic) bond motifs is 1. The molecule has 2 N–H and O–H groups in total. The molecule has 2 aromatic heterocycles. The summed E-state index contributed by atoms with van der Waals surface area (Å²) in [5.41, 5.74) is 1.74. The van der Waals surface area contributed by atoms with E-state index in [2.05, 4.69) is 20.0 Å². The Hall–Kier alpha value is -4.19. The number of nitrogens with zero attached hydrogens (tertiary/aromatic N) is 2. The van der Waals surface area contributed by atoms with Gasteiger partial charge in [0.2, 0.25) is 0 Å². The molecule has 0 atom stereocenters. The molecular weight excluding hydrogens is 397 g/mol. The molecule has 4 rings (SSSR count). The first-order valence-corrected chi connectivity index (χ1v) is 8.68. The standard InChI is InChI=1S/C21H13F3N4O2/c22-21(23,24)30-17-3-1-2-16(10-17)29-18-8-15(12-25)28-20(11-18)27-14-5-4-13-6-7-26-19(13)9-14/h1-11,26H,(H,27,28). The van der Waals surface area contributed by atoms with Gasteiger partial charge >= 0.3 is 6.36 Å². The Morgan fingerprint density at radius 3 is 2.60 bits per heavy atom. The van der Waals surface area contributed by atoms with Crippen LogP contribution < -0.4 is 14.8 Å². The lowest BCUT2D eigenvalue weighted by Gasteiger charge is -2.12. The number of aromatic nitrogens is 2. The fourth-order valence-corrected chi connectivity index (χ4v) is 2.83. The van der Waals surface area contributed by atoms with Gasteiger partial charge in [0.05, 0.1) is 0 Å². The maximum absolute atomic E-state index is 12.4. The highest BCUT2D eigenvalue weighted by atomic mass is 19.4. The van der Waals surface area contributed by atoms with Gasteiger partial charge in [-0.3, -0.25) is 0 Å². The van der Waals surface area contributed by atoms with Gasteiger partial charge in [0.1, 0.15) is 34.8 Å². The lowest BCUT2D eigenvalue weighted by molar-refractivity contribution is -0.274. The van der Waals surface area contributed by atoms with Gasteiger partial charge in [-0.2, -0.15) is 5.26 Å². The van der Waals surface area contributed by atoms with E-state index in [9.17, 15) is 18.4 Å². The molecule has 0 saturated carbocycles. The molecule has 0 saturated heterocycles. The van der Waals surface area contributed by atoms with Crippen molar-refractivity contribution in [3.8, 4) is 23.3 Å². The molecule has 0 aliphatic heterocycles. The number of benzene rings is 2. The summed E-state index contributed by atoms with van der Waals surface area (Å²) in [5, 5.41) is 13.4. The van der Waals surface area contributed by atoms with Crippen LogP contribution in [0.1, 0.15) is 5.69 Å². The van der Waals surface area contributed by atoms with E-state index in [1.165, 1.54) is 24.3 Å². The highest BCUT2D eigenvalue weighted by molar-refractivity contribution is 5.83. The number of anilines is 2. The SMILES string of the molecule is N#Cc1cc(Oc2cccc(OC(F)(F)F)c2)cc(Nc2ccc3cc[nH]c3c2)n1. The highest BCUT2D eigenvalue weighted by Gasteiger charge is 2.31. The molecule has 0 aliphatic rings. The third-order valence-electron chi connectivity index (χ3n) is 4.02. The molecule has 0 bridgehead atoms. The number of aromatic amines is 1. The van der Waals surface area contributed by atoms with Crippen LogP contribution in [0, 0.1) is 11.3 Å². The van der Waals surface area contributed by atoms with Gasteiger partial charge in [-0.1, -0.05) is 12.1 Å². The van der Waals surface area contributed by atoms with Crippen LogP contribution in [0.2, 0.25) is 0 Å². The van der Waals surface area contributed by atoms with Crippen molar-refractivity contribution in [1.29, 1.82) is 5.26 Å². The van der Waals surface area contributed by atoms with Crippen molar-refractivity contribution in [2.75, 3.05) is 5.32 Å². The van der Waals surface area contributed by atoms with Crippen LogP contribution in [0.4, 0.5) is 24.7 Å². The van der Waals surface area contributed by atoms with E-state index < -0.39 is 12.1 Å². The zero-order valence-electron chi connectivity index (χ0n) is 15.2. The predicted octanol–water partition coefficient (Wildman–Crippen LogP) is 5.87. The van der Waals surface area contributed by atoms with E-state index in [0.29, 0.717) is 5.82 Å². The number of hydrogen-bond acceptors (Lipinski definition) is 5. The maximum Gasteiger partial charge on any atom is 0.573 e. The Balaban J connectivity index is 1.58. The lowest BCUT2D eigenvalue weighted by Crippen LogP contribution is -2.17. The summed E-state index contributed by atoms with van der Waals surface area (Å²) in [7, 11) is 0. The Labute approximate surface area is 168 Å². The highest BCUT2D eigenvalue weighted by Crippen LogP contribution is 2.30. The van der Waals surface area contributed by atoms with Crippen molar-refractivity contribution in [3.05, 3.63) is 72.6 Å². The molecule has 2 heterocycles. The van der Waals surface area contributed by atoms with Crippen molar-refractivity contribution >= 4 is 22.4 Å². The fraction of sp³-hybridized carbons (Fsp3) is 0.0476. The number of hydrogen-bond donors (Lipinski definition) is 2. The Bertz CT molecular complexity index is 1240. The van der Waals surface area contributed by atoms with Gasteiger partial charge in [0.15, 0.2) is 0 Å². The number of nitriles is 1. The van der Waals surface area contributed by atoms with E-state index in [0.717, 1.165) is 28.7 Å². The average molecular weight is 410 g/mol. The lowest BCUT2D eigenvalue weighted by atomic mass is 10.2. The molecule has 0 fully saturated rings. The average Bonchev–Trinajstić information content (AvgIpc) is 3.14. The number of H-pyrrole nitrogens is 1. The van der Waals surface area contributed by atoms with E-state index in [1.807, 2.05) is 36.5 Å². The Morgan fingerprint density at radius 1 is 0.967 bits per heavy atom. The topological polar surface area (TPSA) is 83.0 Å². The first-order chi connectivity index (χ1) is 14.4. The van der Waals surface area contributed by atoms with Crippen molar-refractivity contribution in [2.45, 2.75) is 6.36 Å². The molecule has 0 unspecified atom stereocenters. The molecule has 0 amide bonds. The van der Waals surface area contributed by atoms with Crippen molar-refractivity contribution < 1.29 is 22.6 Å². The number of nitrogens with one attached hydrogen (secondary N) is 2. The second-order valence-corrected chi connectivity index (χ2v) is 6.21. The Morgan fingerprint density at radius 2 is 1.80 bits per heavy atom. The van der Waals surface area contributed by atoms with Gasteiger partial charge in [0.25, 0.3) is 0 Å². The minimum Gasteiger partial charge on any atom is -0.457 e. The first kappa shape index (κ1) is 19.1. The summed E-state index contributed by atoms with van der Waals surface area (Å²) in [5.74, 6) is 0.282. The molecule has 6 nitrogen and oxygen atoms in total. The minimum atomic E-state index is -4.80. The predicted molar refractivity (Wildman–Crippen MR) is 104 cm³/mol. The van der Waals surface area contributed by atoms with Crippen LogP contribution in [-0.4, -0.2) is 16.3 Å². The van der Waals surface area contributed by atoms with Gasteiger partial charge in [0, 0.05) is 35.6 Å². The first-order valence-electron chi connectivity index (χ1n) is 8.68. The summed E-state index contributed by atoms with van der Waals surface area (Å²) in [4.78, 5) is 7.29. The normalized spacial score (nSPS) is 11.1. The number of pyridine rings is 1. The van der Waals surface area contributed by atoms with Gasteiger partial charge in [-0.05, 0) is 35.7 Å². The van der Waals surface area contributed by atoms with E-state index in [4.69, 9.17) is 4.74 Å². The number of halogens is 3. The van der Waals surface area contributed by atoms with Crippen molar-refractivity contribution in [2.24, 2.45) is 0 Å². The summed E-state index contributed by atoms with van der Waals surface area (Å²) < 4.78 is 46.8. The van der Waals surface area contributed by atoms with Crippen LogP contribution in [-0.2, 0) is 0 Å². The zero-order valence-corrected chi connectivity index (χ0v) is 15.2. The van der Waals surface area contributed by atoms with E-state index in [1.54, 1.807) is 0 Å². The molecule has 9 heteroatoms. The number of alkyl halides is 3. The number of rotatable bonds is 5. The smallest absolute Gasteiger partial charge is 0.457 e. The summed E-state index contributed by atoms with van der Waals surface area (Å²) >= 11 is 0. The molecule has 0 radical (unpaired) electrons. The zero-order chi connectivity index (χ0) is 21.1. The maximum atomic E-state index is 12.4. The summed E-state index contributed by atoms with van der Waals surface area (Å²) in [6, 6.07) is 17.6. The third-order valence-corrected chi connectivity index (χ3v) is 4.02. The van der Waals surface area contributed by atoms with E-state index in [-0.39, 0.29) is 17.2 Å². The van der Waals surface area contributed by atoms with Crippen LogP contribution >= 0.6 is 0 Å². The number of ether oxygens (including phenoxy) is 2.